The first-order valence-electron chi connectivity index (χ1n) is 11.5. The van der Waals surface area contributed by atoms with Crippen molar-refractivity contribution in [2.24, 2.45) is 0 Å². The summed E-state index contributed by atoms with van der Waals surface area (Å²) >= 11 is 0. The summed E-state index contributed by atoms with van der Waals surface area (Å²) in [4.78, 5) is 16.9. The maximum Gasteiger partial charge on any atom is 0.255 e. The Labute approximate surface area is 202 Å². The number of anilines is 1. The number of unbranched alkanes of at least 4 members (excludes halogenated alkanes) is 1. The summed E-state index contributed by atoms with van der Waals surface area (Å²) < 4.78 is 7.37. The van der Waals surface area contributed by atoms with Crippen LogP contribution in [0, 0.1) is 0 Å². The molecule has 0 aliphatic heterocycles. The van der Waals surface area contributed by atoms with Crippen molar-refractivity contribution in [2.75, 3.05) is 11.9 Å². The van der Waals surface area contributed by atoms with Gasteiger partial charge in [-0.05, 0) is 67.1 Å². The summed E-state index contributed by atoms with van der Waals surface area (Å²) in [5.41, 5.74) is 4.28. The molecule has 2 aromatic carbocycles. The van der Waals surface area contributed by atoms with E-state index in [0.717, 1.165) is 35.4 Å². The predicted molar refractivity (Wildman–Crippen MR) is 134 cm³/mol. The minimum atomic E-state index is -0.191. The maximum absolute atomic E-state index is 12.8. The largest absolute Gasteiger partial charge is 0.494 e. The number of amides is 1. The third kappa shape index (κ3) is 5.01. The molecule has 0 saturated heterocycles. The Hall–Kier alpha value is -4.59. The van der Waals surface area contributed by atoms with Crippen LogP contribution >= 0.6 is 0 Å². The van der Waals surface area contributed by atoms with E-state index in [1.807, 2.05) is 60.7 Å². The first-order valence-corrected chi connectivity index (χ1v) is 11.5. The van der Waals surface area contributed by atoms with E-state index in [4.69, 9.17) is 9.84 Å². The topological polar surface area (TPSA) is 94.3 Å². The lowest BCUT2D eigenvalue weighted by Gasteiger charge is -2.09. The van der Waals surface area contributed by atoms with E-state index in [0.29, 0.717) is 29.3 Å². The fourth-order valence-electron chi connectivity index (χ4n) is 3.61. The van der Waals surface area contributed by atoms with Crippen LogP contribution in [0.3, 0.4) is 0 Å². The van der Waals surface area contributed by atoms with Crippen molar-refractivity contribution < 1.29 is 9.53 Å². The number of aromatic nitrogens is 5. The summed E-state index contributed by atoms with van der Waals surface area (Å²) in [6, 6.07) is 22.2. The minimum absolute atomic E-state index is 0.191. The van der Waals surface area contributed by atoms with Gasteiger partial charge in [0.05, 0.1) is 12.3 Å². The van der Waals surface area contributed by atoms with Gasteiger partial charge in [-0.25, -0.2) is 0 Å². The molecule has 1 N–H and O–H groups in total. The molecule has 0 spiro atoms. The van der Waals surface area contributed by atoms with Crippen LogP contribution in [0.15, 0.2) is 85.2 Å². The lowest BCUT2D eigenvalue weighted by molar-refractivity contribution is 0.102. The normalized spacial score (nSPS) is 10.9. The number of carbonyl (C=O) groups is 1. The van der Waals surface area contributed by atoms with Crippen LogP contribution in [0.4, 0.5) is 5.69 Å². The summed E-state index contributed by atoms with van der Waals surface area (Å²) in [6.45, 7) is 2.79. The van der Waals surface area contributed by atoms with Gasteiger partial charge < -0.3 is 10.1 Å². The molecule has 3 heterocycles. The number of nitrogens with one attached hydrogen (secondary N) is 1. The van der Waals surface area contributed by atoms with Crippen LogP contribution in [0.5, 0.6) is 5.75 Å². The zero-order chi connectivity index (χ0) is 24.0. The van der Waals surface area contributed by atoms with Crippen molar-refractivity contribution in [2.45, 2.75) is 19.8 Å². The van der Waals surface area contributed by atoms with Gasteiger partial charge in [0.1, 0.15) is 5.75 Å². The van der Waals surface area contributed by atoms with Crippen LogP contribution in [0.2, 0.25) is 0 Å². The molecule has 8 heteroatoms. The van der Waals surface area contributed by atoms with Crippen LogP contribution in [0.1, 0.15) is 30.1 Å². The van der Waals surface area contributed by atoms with Crippen molar-refractivity contribution in [3.8, 4) is 28.4 Å². The Morgan fingerprint density at radius 1 is 0.971 bits per heavy atom. The van der Waals surface area contributed by atoms with E-state index >= 15 is 0 Å². The summed E-state index contributed by atoms with van der Waals surface area (Å²) in [6.07, 6.45) is 5.52. The number of nitrogens with zero attached hydrogens (tertiary/aromatic N) is 5. The molecular formula is C27H24N6O2. The fraction of sp³-hybridized carbons (Fsp3) is 0.148. The average molecular weight is 465 g/mol. The predicted octanol–water partition coefficient (Wildman–Crippen LogP) is 5.28. The molecule has 0 unspecified atom stereocenters. The first-order chi connectivity index (χ1) is 17.2. The Morgan fingerprint density at radius 3 is 2.63 bits per heavy atom. The summed E-state index contributed by atoms with van der Waals surface area (Å²) in [5, 5.41) is 16.2. The van der Waals surface area contributed by atoms with Gasteiger partial charge in [-0.1, -0.05) is 25.5 Å². The second-order valence-electron chi connectivity index (χ2n) is 8.02. The maximum atomic E-state index is 12.8. The van der Waals surface area contributed by atoms with Crippen molar-refractivity contribution in [3.05, 3.63) is 90.8 Å². The van der Waals surface area contributed by atoms with Crippen molar-refractivity contribution in [1.29, 1.82) is 0 Å². The monoisotopic (exact) mass is 464 g/mol. The molecule has 35 heavy (non-hydrogen) atoms. The molecule has 0 saturated carbocycles. The smallest absolute Gasteiger partial charge is 0.255 e. The second kappa shape index (κ2) is 10.1. The van der Waals surface area contributed by atoms with Gasteiger partial charge in [0.2, 0.25) is 0 Å². The second-order valence-corrected chi connectivity index (χ2v) is 8.02. The Morgan fingerprint density at radius 2 is 1.83 bits per heavy atom. The molecule has 0 radical (unpaired) electrons. The first kappa shape index (κ1) is 22.2. The molecule has 0 bridgehead atoms. The van der Waals surface area contributed by atoms with Crippen LogP contribution in [0.25, 0.3) is 28.3 Å². The van der Waals surface area contributed by atoms with Gasteiger partial charge in [-0.15, -0.1) is 10.2 Å². The van der Waals surface area contributed by atoms with Crippen LogP contribution in [-0.4, -0.2) is 37.3 Å². The Balaban J connectivity index is 1.35. The number of fused-ring (bicyclic) bond motifs is 1. The van der Waals surface area contributed by atoms with Crippen molar-refractivity contribution in [3.63, 3.8) is 0 Å². The number of pyridine rings is 1. The SMILES string of the molecule is CCCCOc1ccc(C(=O)Nc2cccc(-c3ccc4nnc(-c5cccnc5)n4n3)c2)cc1. The van der Waals surface area contributed by atoms with Gasteiger partial charge in [0.25, 0.3) is 5.91 Å². The van der Waals surface area contributed by atoms with Crippen LogP contribution in [-0.2, 0) is 0 Å². The zero-order valence-corrected chi connectivity index (χ0v) is 19.3. The Kier molecular flexibility index (Phi) is 6.43. The van der Waals surface area contributed by atoms with Gasteiger partial charge >= 0.3 is 0 Å². The molecule has 0 fully saturated rings. The average Bonchev–Trinajstić information content (AvgIpc) is 3.33. The van der Waals surface area contributed by atoms with Crippen LogP contribution < -0.4 is 10.1 Å². The highest BCUT2D eigenvalue weighted by Gasteiger charge is 2.12. The lowest BCUT2D eigenvalue weighted by Crippen LogP contribution is -2.11. The number of ether oxygens (including phenoxy) is 1. The minimum Gasteiger partial charge on any atom is -0.494 e. The standard InChI is InChI=1S/C27H24N6O2/c1-2-3-16-35-23-11-9-19(10-12-23)27(34)29-22-8-4-6-20(17-22)24-13-14-25-30-31-26(33(25)32-24)21-7-5-15-28-18-21/h4-15,17-18H,2-3,16H2,1H3,(H,29,34). The fourth-order valence-corrected chi connectivity index (χ4v) is 3.61. The zero-order valence-electron chi connectivity index (χ0n) is 19.3. The molecule has 5 rings (SSSR count). The molecular weight excluding hydrogens is 440 g/mol. The highest BCUT2D eigenvalue weighted by molar-refractivity contribution is 6.04. The molecule has 174 valence electrons. The quantitative estimate of drug-likeness (QED) is 0.314. The molecule has 5 aromatic rings. The van der Waals surface area contributed by atoms with Crippen molar-refractivity contribution >= 4 is 17.2 Å². The third-order valence-electron chi connectivity index (χ3n) is 5.48. The summed E-state index contributed by atoms with van der Waals surface area (Å²) in [7, 11) is 0. The molecule has 0 aliphatic carbocycles. The van der Waals surface area contributed by atoms with Crippen molar-refractivity contribution in [1.82, 2.24) is 24.8 Å². The number of benzene rings is 2. The Bertz CT molecular complexity index is 1450. The number of carbonyl (C=O) groups excluding carboxylic acids is 1. The molecule has 0 aliphatic rings. The van der Waals surface area contributed by atoms with E-state index in [1.165, 1.54) is 0 Å². The number of hydrogen-bond donors (Lipinski definition) is 1. The molecule has 1 amide bonds. The number of rotatable bonds is 8. The lowest BCUT2D eigenvalue weighted by atomic mass is 10.1. The van der Waals surface area contributed by atoms with E-state index < -0.39 is 0 Å². The van der Waals surface area contributed by atoms with E-state index in [-0.39, 0.29) is 5.91 Å². The van der Waals surface area contributed by atoms with Gasteiger partial charge in [-0.3, -0.25) is 9.78 Å². The van der Waals surface area contributed by atoms with Gasteiger partial charge in [0, 0.05) is 34.8 Å². The number of hydrogen-bond acceptors (Lipinski definition) is 6. The van der Waals surface area contributed by atoms with E-state index in [1.54, 1.807) is 29.0 Å². The van der Waals surface area contributed by atoms with E-state index in [2.05, 4.69) is 27.4 Å². The summed E-state index contributed by atoms with van der Waals surface area (Å²) in [5.74, 6) is 1.18. The van der Waals surface area contributed by atoms with Gasteiger partial charge in [0.15, 0.2) is 11.5 Å². The van der Waals surface area contributed by atoms with E-state index in [9.17, 15) is 4.79 Å². The van der Waals surface area contributed by atoms with Gasteiger partial charge in [-0.2, -0.15) is 9.61 Å². The third-order valence-corrected chi connectivity index (χ3v) is 5.48. The molecule has 8 nitrogen and oxygen atoms in total. The highest BCUT2D eigenvalue weighted by Crippen LogP contribution is 2.24. The molecule has 0 atom stereocenters. The molecule has 3 aromatic heterocycles. The highest BCUT2D eigenvalue weighted by atomic mass is 16.5.